The van der Waals surface area contributed by atoms with Crippen molar-refractivity contribution in [1.29, 1.82) is 0 Å². The van der Waals surface area contributed by atoms with Gasteiger partial charge in [-0.15, -0.1) is 0 Å². The Morgan fingerprint density at radius 2 is 1.87 bits per heavy atom. The molecule has 23 heavy (non-hydrogen) atoms. The van der Waals surface area contributed by atoms with Crippen LogP contribution in [0.25, 0.3) is 11.3 Å². The number of carbonyl (C=O) groups is 1. The summed E-state index contributed by atoms with van der Waals surface area (Å²) in [6.07, 6.45) is 3.09. The Morgan fingerprint density at radius 1 is 1.17 bits per heavy atom. The van der Waals surface area contributed by atoms with Crippen LogP contribution in [-0.4, -0.2) is 33.1 Å². The number of likely N-dealkylation sites (tertiary alicyclic amines) is 1. The molecule has 1 aromatic heterocycles. The lowest BCUT2D eigenvalue weighted by Gasteiger charge is -2.38. The number of nitrogens with zero attached hydrogens (tertiary/aromatic N) is 2. The largest absolute Gasteiger partial charge is 0.332 e. The van der Waals surface area contributed by atoms with Crippen molar-refractivity contribution in [3.05, 3.63) is 41.6 Å². The average Bonchev–Trinajstić information content (AvgIpc) is 2.99. The van der Waals surface area contributed by atoms with Crippen molar-refractivity contribution in [1.82, 2.24) is 15.1 Å². The molecule has 6 heteroatoms. The predicted octanol–water partition coefficient (Wildman–Crippen LogP) is 3.76. The maximum Gasteiger partial charge on any atom is 0.272 e. The van der Waals surface area contributed by atoms with Gasteiger partial charge in [0.15, 0.2) is 11.6 Å². The molecule has 0 spiro atoms. The van der Waals surface area contributed by atoms with Gasteiger partial charge in [-0.3, -0.25) is 9.89 Å². The predicted molar refractivity (Wildman–Crippen MR) is 82.9 cm³/mol. The molecule has 0 saturated carbocycles. The molecule has 1 amide bonds. The Bertz CT molecular complexity index is 718. The van der Waals surface area contributed by atoms with Gasteiger partial charge in [-0.05, 0) is 57.4 Å². The van der Waals surface area contributed by atoms with Crippen molar-refractivity contribution in [3.63, 3.8) is 0 Å². The number of aromatic amines is 1. The van der Waals surface area contributed by atoms with Gasteiger partial charge in [0.05, 0.1) is 5.69 Å². The van der Waals surface area contributed by atoms with Crippen LogP contribution in [0.15, 0.2) is 24.3 Å². The van der Waals surface area contributed by atoms with Gasteiger partial charge in [0.1, 0.15) is 5.69 Å². The minimum Gasteiger partial charge on any atom is -0.332 e. The first-order chi connectivity index (χ1) is 11.0. The van der Waals surface area contributed by atoms with E-state index >= 15 is 0 Å². The molecule has 0 bridgehead atoms. The topological polar surface area (TPSA) is 49.0 Å². The molecule has 2 aromatic rings. The lowest BCUT2D eigenvalue weighted by molar-refractivity contribution is 0.0504. The average molecular weight is 319 g/mol. The summed E-state index contributed by atoms with van der Waals surface area (Å²) in [5, 5.41) is 6.78. The third-order valence-corrected chi connectivity index (χ3v) is 4.45. The minimum atomic E-state index is -0.934. The highest BCUT2D eigenvalue weighted by atomic mass is 19.2. The van der Waals surface area contributed by atoms with Crippen LogP contribution in [0.1, 0.15) is 43.6 Å². The number of piperidine rings is 1. The van der Waals surface area contributed by atoms with Crippen molar-refractivity contribution in [3.8, 4) is 11.3 Å². The molecule has 122 valence electrons. The summed E-state index contributed by atoms with van der Waals surface area (Å²) in [5.74, 6) is -1.95. The van der Waals surface area contributed by atoms with Crippen LogP contribution >= 0.6 is 0 Å². The maximum absolute atomic E-state index is 13.3. The zero-order valence-corrected chi connectivity index (χ0v) is 13.1. The van der Waals surface area contributed by atoms with Crippen LogP contribution in [0.3, 0.4) is 0 Å². The van der Waals surface area contributed by atoms with E-state index in [1.54, 1.807) is 6.07 Å². The molecule has 0 aliphatic carbocycles. The fourth-order valence-electron chi connectivity index (χ4n) is 3.20. The van der Waals surface area contributed by atoms with Crippen LogP contribution in [0, 0.1) is 11.6 Å². The third kappa shape index (κ3) is 2.98. The summed E-state index contributed by atoms with van der Waals surface area (Å²) < 4.78 is 26.3. The number of rotatable bonds is 2. The quantitative estimate of drug-likeness (QED) is 0.916. The first-order valence-corrected chi connectivity index (χ1v) is 7.81. The summed E-state index contributed by atoms with van der Waals surface area (Å²) in [5.41, 5.74) is 1.22. The van der Waals surface area contributed by atoms with Crippen LogP contribution in [0.4, 0.5) is 8.78 Å². The highest BCUT2D eigenvalue weighted by molar-refractivity contribution is 5.93. The van der Waals surface area contributed by atoms with Crippen molar-refractivity contribution in [2.24, 2.45) is 0 Å². The highest BCUT2D eigenvalue weighted by Gasteiger charge is 2.30. The van der Waals surface area contributed by atoms with E-state index in [9.17, 15) is 13.6 Å². The number of benzene rings is 1. The molecular formula is C17H19F2N3O. The number of hydrogen-bond donors (Lipinski definition) is 1. The van der Waals surface area contributed by atoms with Crippen LogP contribution in [0.5, 0.6) is 0 Å². The molecule has 2 atom stereocenters. The monoisotopic (exact) mass is 319 g/mol. The lowest BCUT2D eigenvalue weighted by Crippen LogP contribution is -2.47. The Balaban J connectivity index is 1.86. The van der Waals surface area contributed by atoms with Gasteiger partial charge < -0.3 is 4.90 Å². The maximum atomic E-state index is 13.3. The van der Waals surface area contributed by atoms with Crippen LogP contribution in [-0.2, 0) is 0 Å². The van der Waals surface area contributed by atoms with Crippen LogP contribution < -0.4 is 0 Å². The van der Waals surface area contributed by atoms with E-state index in [1.165, 1.54) is 6.07 Å². The SMILES string of the molecule is CC1CCCC(C)N1C(=O)c1cc(-c2ccc(F)c(F)c2)n[nH]1. The smallest absolute Gasteiger partial charge is 0.272 e. The van der Waals surface area contributed by atoms with E-state index in [-0.39, 0.29) is 18.0 Å². The number of H-pyrrole nitrogens is 1. The number of carbonyl (C=O) groups excluding carboxylic acids is 1. The van der Waals surface area contributed by atoms with Gasteiger partial charge in [0.25, 0.3) is 5.91 Å². The van der Waals surface area contributed by atoms with Gasteiger partial charge >= 0.3 is 0 Å². The molecule has 2 unspecified atom stereocenters. The Kier molecular flexibility index (Phi) is 4.15. The zero-order chi connectivity index (χ0) is 16.6. The second-order valence-corrected chi connectivity index (χ2v) is 6.14. The Morgan fingerprint density at radius 3 is 2.52 bits per heavy atom. The highest BCUT2D eigenvalue weighted by Crippen LogP contribution is 2.26. The normalized spacial score (nSPS) is 21.5. The van der Waals surface area contributed by atoms with E-state index in [2.05, 4.69) is 10.2 Å². The summed E-state index contributed by atoms with van der Waals surface area (Å²) >= 11 is 0. The van der Waals surface area contributed by atoms with Crippen LogP contribution in [0.2, 0.25) is 0 Å². The molecule has 0 radical (unpaired) electrons. The number of hydrogen-bond acceptors (Lipinski definition) is 2. The summed E-state index contributed by atoms with van der Waals surface area (Å²) in [7, 11) is 0. The van der Waals surface area contributed by atoms with Crippen molar-refractivity contribution in [2.75, 3.05) is 0 Å². The molecule has 1 aliphatic rings. The molecule has 1 fully saturated rings. The first-order valence-electron chi connectivity index (χ1n) is 7.81. The van der Waals surface area contributed by atoms with Gasteiger partial charge in [-0.25, -0.2) is 8.78 Å². The lowest BCUT2D eigenvalue weighted by atomic mass is 9.97. The standard InChI is InChI=1S/C17H19F2N3O/c1-10-4-3-5-11(2)22(10)17(23)16-9-15(20-21-16)12-6-7-13(18)14(19)8-12/h6-11H,3-5H2,1-2H3,(H,20,21). The van der Waals surface area contributed by atoms with Crippen molar-refractivity contribution in [2.45, 2.75) is 45.2 Å². The van der Waals surface area contributed by atoms with Gasteiger partial charge in [0, 0.05) is 17.6 Å². The molecule has 2 heterocycles. The molecule has 4 nitrogen and oxygen atoms in total. The molecule has 3 rings (SSSR count). The number of nitrogens with one attached hydrogen (secondary N) is 1. The summed E-state index contributed by atoms with van der Waals surface area (Å²) in [4.78, 5) is 14.6. The fourth-order valence-corrected chi connectivity index (χ4v) is 3.20. The van der Waals surface area contributed by atoms with Gasteiger partial charge in [-0.2, -0.15) is 5.10 Å². The van der Waals surface area contributed by atoms with E-state index in [0.29, 0.717) is 17.0 Å². The summed E-state index contributed by atoms with van der Waals surface area (Å²) in [6, 6.07) is 5.52. The third-order valence-electron chi connectivity index (χ3n) is 4.45. The molecule has 1 aliphatic heterocycles. The van der Waals surface area contributed by atoms with Gasteiger partial charge in [0.2, 0.25) is 0 Å². The molecule has 1 saturated heterocycles. The van der Waals surface area contributed by atoms with E-state index in [1.807, 2.05) is 18.7 Å². The second-order valence-electron chi connectivity index (χ2n) is 6.14. The number of halogens is 2. The van der Waals surface area contributed by atoms with E-state index < -0.39 is 11.6 Å². The van der Waals surface area contributed by atoms with E-state index in [0.717, 1.165) is 31.4 Å². The molecule has 1 N–H and O–H groups in total. The Hall–Kier alpha value is -2.24. The fraction of sp³-hybridized carbons (Fsp3) is 0.412. The van der Waals surface area contributed by atoms with Gasteiger partial charge in [-0.1, -0.05) is 0 Å². The van der Waals surface area contributed by atoms with Crippen molar-refractivity contribution >= 4 is 5.91 Å². The van der Waals surface area contributed by atoms with Crippen molar-refractivity contribution < 1.29 is 13.6 Å². The number of aromatic nitrogens is 2. The molecular weight excluding hydrogens is 300 g/mol. The zero-order valence-electron chi connectivity index (χ0n) is 13.1. The minimum absolute atomic E-state index is 0.106. The Labute approximate surface area is 133 Å². The first kappa shape index (κ1) is 15.6. The van der Waals surface area contributed by atoms with E-state index in [4.69, 9.17) is 0 Å². The second kappa shape index (κ2) is 6.10. The molecule has 1 aromatic carbocycles. The number of amides is 1. The summed E-state index contributed by atoms with van der Waals surface area (Å²) in [6.45, 7) is 4.08.